The van der Waals surface area contributed by atoms with Crippen molar-refractivity contribution in [3.05, 3.63) is 101 Å². The second-order valence-corrected chi connectivity index (χ2v) is 9.24. The fourth-order valence-electron chi connectivity index (χ4n) is 5.92. The Labute approximate surface area is 192 Å². The molecule has 4 unspecified atom stereocenters. The number of piperidine rings is 1. The van der Waals surface area contributed by atoms with Crippen LogP contribution in [-0.2, 0) is 13.0 Å². The van der Waals surface area contributed by atoms with E-state index in [1.807, 2.05) is 0 Å². The summed E-state index contributed by atoms with van der Waals surface area (Å²) in [6, 6.07) is 29.7. The van der Waals surface area contributed by atoms with Crippen LogP contribution in [0.25, 0.3) is 0 Å². The molecule has 2 aliphatic heterocycles. The molecule has 3 nitrogen and oxygen atoms in total. The zero-order valence-electron chi connectivity index (χ0n) is 19.2. The molecule has 32 heavy (non-hydrogen) atoms. The van der Waals surface area contributed by atoms with Crippen molar-refractivity contribution in [3.8, 4) is 5.75 Å². The predicted octanol–water partition coefficient (Wildman–Crippen LogP) is 5.25. The highest BCUT2D eigenvalue weighted by Crippen LogP contribution is 2.43. The molecule has 0 saturated carbocycles. The van der Waals surface area contributed by atoms with Crippen LogP contribution in [0.3, 0.4) is 0 Å². The van der Waals surface area contributed by atoms with Gasteiger partial charge in [-0.1, -0.05) is 79.7 Å². The lowest BCUT2D eigenvalue weighted by molar-refractivity contribution is 0.197. The van der Waals surface area contributed by atoms with E-state index in [1.165, 1.54) is 41.8 Å². The van der Waals surface area contributed by atoms with Gasteiger partial charge in [-0.15, -0.1) is 0 Å². The van der Waals surface area contributed by atoms with Crippen LogP contribution in [0, 0.1) is 5.92 Å². The second-order valence-electron chi connectivity index (χ2n) is 9.24. The molecule has 0 aliphatic carbocycles. The molecule has 0 amide bonds. The summed E-state index contributed by atoms with van der Waals surface area (Å²) < 4.78 is 5.68. The maximum absolute atomic E-state index is 5.68. The average Bonchev–Trinajstić information content (AvgIpc) is 3.46. The predicted molar refractivity (Wildman–Crippen MR) is 131 cm³/mol. The van der Waals surface area contributed by atoms with Crippen LogP contribution in [0.2, 0.25) is 0 Å². The molecule has 4 atom stereocenters. The molecule has 1 N–H and O–H groups in total. The van der Waals surface area contributed by atoms with Crippen molar-refractivity contribution in [2.24, 2.45) is 5.92 Å². The molecule has 3 aromatic rings. The van der Waals surface area contributed by atoms with Gasteiger partial charge in [0.1, 0.15) is 5.75 Å². The number of hydrogen-bond acceptors (Lipinski definition) is 3. The molecule has 2 fully saturated rings. The van der Waals surface area contributed by atoms with E-state index in [1.54, 1.807) is 7.11 Å². The minimum Gasteiger partial charge on any atom is -0.496 e. The number of nitrogens with zero attached hydrogens (tertiary/aromatic N) is 1. The second kappa shape index (κ2) is 9.48. The lowest BCUT2D eigenvalue weighted by Gasteiger charge is -2.39. The Morgan fingerprint density at radius 1 is 0.969 bits per heavy atom. The van der Waals surface area contributed by atoms with Gasteiger partial charge in [0, 0.05) is 36.7 Å². The first-order chi connectivity index (χ1) is 15.8. The number of fused-ring (bicyclic) bond motifs is 2. The Kier molecular flexibility index (Phi) is 6.29. The number of methoxy groups -OCH3 is 1. The van der Waals surface area contributed by atoms with E-state index < -0.39 is 0 Å². The maximum atomic E-state index is 5.68. The van der Waals surface area contributed by atoms with Crippen molar-refractivity contribution in [2.45, 2.75) is 44.3 Å². The lowest BCUT2D eigenvalue weighted by Crippen LogP contribution is -2.50. The molecule has 2 heterocycles. The SMILES string of the molecule is CCc1ccc(OC)c(CNC2C3CCN(C3)C2C(c2ccccc2)c2ccccc2)c1. The molecule has 3 aromatic carbocycles. The average molecular weight is 427 g/mol. The fourth-order valence-corrected chi connectivity index (χ4v) is 5.92. The quantitative estimate of drug-likeness (QED) is 0.532. The van der Waals surface area contributed by atoms with Crippen LogP contribution >= 0.6 is 0 Å². The van der Waals surface area contributed by atoms with Gasteiger partial charge in [-0.3, -0.25) is 4.90 Å². The Morgan fingerprint density at radius 2 is 1.66 bits per heavy atom. The van der Waals surface area contributed by atoms with E-state index in [0.29, 0.717) is 23.9 Å². The summed E-state index contributed by atoms with van der Waals surface area (Å²) in [6.45, 7) is 5.46. The van der Waals surface area contributed by atoms with Crippen molar-refractivity contribution < 1.29 is 4.74 Å². The minimum atomic E-state index is 0.365. The zero-order valence-corrected chi connectivity index (χ0v) is 19.2. The zero-order chi connectivity index (χ0) is 21.9. The Morgan fingerprint density at radius 3 is 2.28 bits per heavy atom. The maximum Gasteiger partial charge on any atom is 0.123 e. The largest absolute Gasteiger partial charge is 0.496 e. The van der Waals surface area contributed by atoms with Crippen molar-refractivity contribution in [1.82, 2.24) is 10.2 Å². The van der Waals surface area contributed by atoms with Crippen molar-refractivity contribution in [2.75, 3.05) is 20.2 Å². The van der Waals surface area contributed by atoms with Gasteiger partial charge in [0.2, 0.25) is 0 Å². The van der Waals surface area contributed by atoms with Crippen LogP contribution in [-0.4, -0.2) is 37.2 Å². The van der Waals surface area contributed by atoms with Crippen molar-refractivity contribution in [3.63, 3.8) is 0 Å². The van der Waals surface area contributed by atoms with Gasteiger partial charge in [-0.2, -0.15) is 0 Å². The standard InChI is InChI=1S/C29H34N2O/c1-3-21-14-15-26(32-2)25(18-21)19-30-28-24-16-17-31(20-24)29(28)27(22-10-6-4-7-11-22)23-12-8-5-9-13-23/h4-15,18,24,27-30H,3,16-17,19-20H2,1-2H3. The van der Waals surface area contributed by atoms with E-state index in [-0.39, 0.29) is 0 Å². The highest BCUT2D eigenvalue weighted by Gasteiger charge is 2.49. The van der Waals surface area contributed by atoms with E-state index in [4.69, 9.17) is 4.74 Å². The van der Waals surface area contributed by atoms with Gasteiger partial charge >= 0.3 is 0 Å². The molecule has 0 aromatic heterocycles. The molecule has 2 aliphatic rings. The Hall–Kier alpha value is -2.62. The molecular weight excluding hydrogens is 392 g/mol. The van der Waals surface area contributed by atoms with Gasteiger partial charge in [-0.05, 0) is 48.1 Å². The number of aryl methyl sites for hydroxylation is 1. The molecule has 166 valence electrons. The van der Waals surface area contributed by atoms with Crippen LogP contribution < -0.4 is 10.1 Å². The summed E-state index contributed by atoms with van der Waals surface area (Å²) in [4.78, 5) is 2.73. The molecule has 2 saturated heterocycles. The van der Waals surface area contributed by atoms with Gasteiger partial charge in [0.25, 0.3) is 0 Å². The van der Waals surface area contributed by atoms with E-state index in [2.05, 4.69) is 96.0 Å². The number of ether oxygens (including phenoxy) is 1. The van der Waals surface area contributed by atoms with Gasteiger partial charge in [-0.25, -0.2) is 0 Å². The minimum absolute atomic E-state index is 0.365. The number of hydrogen-bond donors (Lipinski definition) is 1. The van der Waals surface area contributed by atoms with E-state index >= 15 is 0 Å². The summed E-state index contributed by atoms with van der Waals surface area (Å²) in [5.74, 6) is 2.05. The summed E-state index contributed by atoms with van der Waals surface area (Å²) in [6.07, 6.45) is 2.33. The monoisotopic (exact) mass is 426 g/mol. The van der Waals surface area contributed by atoms with Gasteiger partial charge in [0.05, 0.1) is 7.11 Å². The molecule has 0 spiro atoms. The van der Waals surface area contributed by atoms with Crippen molar-refractivity contribution >= 4 is 0 Å². The van der Waals surface area contributed by atoms with Crippen LogP contribution in [0.1, 0.15) is 41.5 Å². The molecule has 5 rings (SSSR count). The van der Waals surface area contributed by atoms with Crippen LogP contribution in [0.15, 0.2) is 78.9 Å². The highest BCUT2D eigenvalue weighted by molar-refractivity contribution is 5.39. The smallest absolute Gasteiger partial charge is 0.123 e. The first-order valence-corrected chi connectivity index (χ1v) is 12.0. The van der Waals surface area contributed by atoms with E-state index in [0.717, 1.165) is 18.7 Å². The molecule has 2 bridgehead atoms. The molecular formula is C29H34N2O. The third-order valence-corrected chi connectivity index (χ3v) is 7.49. The molecule has 0 radical (unpaired) electrons. The van der Waals surface area contributed by atoms with Crippen molar-refractivity contribution in [1.29, 1.82) is 0 Å². The number of nitrogens with one attached hydrogen (secondary N) is 1. The number of benzene rings is 3. The lowest BCUT2D eigenvalue weighted by atomic mass is 9.78. The summed E-state index contributed by atoms with van der Waals surface area (Å²) in [7, 11) is 1.78. The van der Waals surface area contributed by atoms with E-state index in [9.17, 15) is 0 Å². The highest BCUT2D eigenvalue weighted by atomic mass is 16.5. The topological polar surface area (TPSA) is 24.5 Å². The summed E-state index contributed by atoms with van der Waals surface area (Å²) in [5.41, 5.74) is 5.45. The van der Waals surface area contributed by atoms with Gasteiger partial charge < -0.3 is 10.1 Å². The fraction of sp³-hybridized carbons (Fsp3) is 0.379. The first kappa shape index (κ1) is 21.2. The summed E-state index contributed by atoms with van der Waals surface area (Å²) >= 11 is 0. The third-order valence-electron chi connectivity index (χ3n) is 7.49. The normalized spacial score (nSPS) is 24.2. The Bertz CT molecular complexity index is 980. The van der Waals surface area contributed by atoms with Gasteiger partial charge in [0.15, 0.2) is 0 Å². The van der Waals surface area contributed by atoms with Crippen LogP contribution in [0.5, 0.6) is 5.75 Å². The van der Waals surface area contributed by atoms with Crippen LogP contribution in [0.4, 0.5) is 0 Å². The third kappa shape index (κ3) is 4.07. The number of rotatable bonds is 8. The Balaban J connectivity index is 1.46. The molecule has 3 heteroatoms. The first-order valence-electron chi connectivity index (χ1n) is 12.0. The summed E-state index contributed by atoms with van der Waals surface area (Å²) in [5, 5.41) is 4.00.